The molecule has 1 amide bonds. The van der Waals surface area contributed by atoms with Crippen LogP contribution in [0.15, 0.2) is 6.07 Å². The summed E-state index contributed by atoms with van der Waals surface area (Å²) in [5.41, 5.74) is 5.43. The summed E-state index contributed by atoms with van der Waals surface area (Å²) >= 11 is 12.3. The van der Waals surface area contributed by atoms with Crippen LogP contribution < -0.4 is 16.0 Å². The van der Waals surface area contributed by atoms with E-state index in [1.54, 1.807) is 6.07 Å². The van der Waals surface area contributed by atoms with E-state index in [4.69, 9.17) is 28.9 Å². The molecule has 0 bridgehead atoms. The van der Waals surface area contributed by atoms with E-state index in [9.17, 15) is 4.79 Å². The Labute approximate surface area is 128 Å². The Hall–Kier alpha value is -1.20. The number of hydrogen-bond acceptors (Lipinski definition) is 4. The van der Waals surface area contributed by atoms with Crippen molar-refractivity contribution in [2.75, 3.05) is 23.3 Å². The van der Waals surface area contributed by atoms with E-state index >= 15 is 0 Å². The van der Waals surface area contributed by atoms with Gasteiger partial charge < -0.3 is 16.0 Å². The standard InChI is InChI=1S/C13H18Cl2N4O/c1-2-5-17-12-8(14)7-9(15)13(18-12)19-6-3-4-10(19)11(16)20/h7,10H,2-6H2,1H3,(H2,16,20)(H,17,18). The zero-order chi connectivity index (χ0) is 14.7. The van der Waals surface area contributed by atoms with Crippen LogP contribution in [0, 0.1) is 0 Å². The first kappa shape index (κ1) is 15.2. The van der Waals surface area contributed by atoms with Crippen LogP contribution in [0.3, 0.4) is 0 Å². The molecule has 1 aliphatic rings. The lowest BCUT2D eigenvalue weighted by atomic mass is 10.2. The lowest BCUT2D eigenvalue weighted by Crippen LogP contribution is -2.41. The summed E-state index contributed by atoms with van der Waals surface area (Å²) in [6, 6.07) is 1.31. The maximum absolute atomic E-state index is 11.5. The quantitative estimate of drug-likeness (QED) is 0.876. The van der Waals surface area contributed by atoms with Crippen LogP contribution >= 0.6 is 23.2 Å². The maximum Gasteiger partial charge on any atom is 0.240 e. The molecule has 0 spiro atoms. The van der Waals surface area contributed by atoms with Crippen molar-refractivity contribution in [3.05, 3.63) is 16.1 Å². The third-order valence-electron chi connectivity index (χ3n) is 3.31. The molecule has 1 aromatic rings. The molecule has 0 saturated carbocycles. The highest BCUT2D eigenvalue weighted by Gasteiger charge is 2.31. The molecule has 1 aromatic heterocycles. The summed E-state index contributed by atoms with van der Waals surface area (Å²) in [5.74, 6) is 0.803. The Morgan fingerprint density at radius 3 is 2.95 bits per heavy atom. The third kappa shape index (κ3) is 3.10. The summed E-state index contributed by atoms with van der Waals surface area (Å²) in [6.07, 6.45) is 2.59. The van der Waals surface area contributed by atoms with Gasteiger partial charge >= 0.3 is 0 Å². The lowest BCUT2D eigenvalue weighted by Gasteiger charge is -2.25. The van der Waals surface area contributed by atoms with E-state index in [1.807, 2.05) is 4.90 Å². The van der Waals surface area contributed by atoms with Gasteiger partial charge in [0.05, 0.1) is 10.0 Å². The number of nitrogens with two attached hydrogens (primary N) is 1. The number of rotatable bonds is 5. The zero-order valence-electron chi connectivity index (χ0n) is 11.3. The number of amides is 1. The van der Waals surface area contributed by atoms with Crippen LogP contribution in [0.5, 0.6) is 0 Å². The van der Waals surface area contributed by atoms with Gasteiger partial charge in [-0.15, -0.1) is 0 Å². The Balaban J connectivity index is 2.33. The molecule has 5 nitrogen and oxygen atoms in total. The minimum absolute atomic E-state index is 0.347. The Morgan fingerprint density at radius 2 is 2.30 bits per heavy atom. The van der Waals surface area contributed by atoms with E-state index in [0.29, 0.717) is 21.7 Å². The Bertz CT molecular complexity index is 509. The summed E-state index contributed by atoms with van der Waals surface area (Å²) in [4.78, 5) is 17.8. The van der Waals surface area contributed by atoms with Crippen molar-refractivity contribution in [3.63, 3.8) is 0 Å². The SMILES string of the molecule is CCCNc1nc(N2CCCC2C(N)=O)c(Cl)cc1Cl. The fourth-order valence-electron chi connectivity index (χ4n) is 2.34. The number of anilines is 2. The van der Waals surface area contributed by atoms with Gasteiger partial charge in [-0.25, -0.2) is 4.98 Å². The number of nitrogens with one attached hydrogen (secondary N) is 1. The van der Waals surface area contributed by atoms with Crippen LogP contribution in [0.1, 0.15) is 26.2 Å². The Kier molecular flexibility index (Phi) is 4.94. The highest BCUT2D eigenvalue weighted by Crippen LogP contribution is 2.34. The summed E-state index contributed by atoms with van der Waals surface area (Å²) in [5, 5.41) is 4.06. The predicted octanol–water partition coefficient (Wildman–Crippen LogP) is 2.66. The second kappa shape index (κ2) is 6.50. The number of hydrogen-bond donors (Lipinski definition) is 2. The molecule has 1 aliphatic heterocycles. The smallest absolute Gasteiger partial charge is 0.240 e. The predicted molar refractivity (Wildman–Crippen MR) is 82.6 cm³/mol. The molecule has 0 aliphatic carbocycles. The number of carbonyl (C=O) groups excluding carboxylic acids is 1. The van der Waals surface area contributed by atoms with Crippen LogP contribution in [0.2, 0.25) is 10.0 Å². The van der Waals surface area contributed by atoms with Crippen molar-refractivity contribution >= 4 is 40.7 Å². The summed E-state index contributed by atoms with van der Waals surface area (Å²) < 4.78 is 0. The van der Waals surface area contributed by atoms with Gasteiger partial charge in [-0.3, -0.25) is 4.79 Å². The van der Waals surface area contributed by atoms with Crippen LogP contribution in [-0.4, -0.2) is 30.0 Å². The first-order valence-corrected chi connectivity index (χ1v) is 7.46. The van der Waals surface area contributed by atoms with Crippen molar-refractivity contribution in [2.45, 2.75) is 32.2 Å². The molecule has 2 heterocycles. The van der Waals surface area contributed by atoms with Crippen LogP contribution in [0.4, 0.5) is 11.6 Å². The number of carbonyl (C=O) groups is 1. The molecule has 7 heteroatoms. The lowest BCUT2D eigenvalue weighted by molar-refractivity contribution is -0.119. The molecule has 0 radical (unpaired) electrons. The number of primary amides is 1. The fourth-order valence-corrected chi connectivity index (χ4v) is 2.88. The van der Waals surface area contributed by atoms with E-state index < -0.39 is 0 Å². The summed E-state index contributed by atoms with van der Waals surface area (Å²) in [7, 11) is 0. The molecule has 1 fully saturated rings. The number of aromatic nitrogens is 1. The highest BCUT2D eigenvalue weighted by atomic mass is 35.5. The van der Waals surface area contributed by atoms with Crippen molar-refractivity contribution < 1.29 is 4.79 Å². The molecule has 110 valence electrons. The number of pyridine rings is 1. The topological polar surface area (TPSA) is 71.2 Å². The van der Waals surface area contributed by atoms with Gasteiger partial charge in [-0.1, -0.05) is 30.1 Å². The monoisotopic (exact) mass is 316 g/mol. The normalized spacial score (nSPS) is 18.4. The van der Waals surface area contributed by atoms with E-state index in [1.165, 1.54) is 0 Å². The zero-order valence-corrected chi connectivity index (χ0v) is 12.8. The van der Waals surface area contributed by atoms with Gasteiger partial charge in [0.2, 0.25) is 5.91 Å². The molecular weight excluding hydrogens is 299 g/mol. The van der Waals surface area contributed by atoms with Gasteiger partial charge in [-0.05, 0) is 25.3 Å². The number of nitrogens with zero attached hydrogens (tertiary/aromatic N) is 2. The van der Waals surface area contributed by atoms with Gasteiger partial charge in [0.25, 0.3) is 0 Å². The second-order valence-corrected chi connectivity index (χ2v) is 5.62. The highest BCUT2D eigenvalue weighted by molar-refractivity contribution is 6.37. The van der Waals surface area contributed by atoms with Gasteiger partial charge in [0.1, 0.15) is 11.9 Å². The van der Waals surface area contributed by atoms with Crippen molar-refractivity contribution in [1.29, 1.82) is 0 Å². The average Bonchev–Trinajstić information content (AvgIpc) is 2.87. The first-order chi connectivity index (χ1) is 9.54. The molecule has 1 atom stereocenters. The largest absolute Gasteiger partial charge is 0.369 e. The van der Waals surface area contributed by atoms with Crippen molar-refractivity contribution in [1.82, 2.24) is 4.98 Å². The van der Waals surface area contributed by atoms with Crippen molar-refractivity contribution in [2.24, 2.45) is 5.73 Å². The molecule has 3 N–H and O–H groups in total. The van der Waals surface area contributed by atoms with Gasteiger partial charge in [-0.2, -0.15) is 0 Å². The molecule has 2 rings (SSSR count). The van der Waals surface area contributed by atoms with Crippen molar-refractivity contribution in [3.8, 4) is 0 Å². The molecule has 1 unspecified atom stereocenters. The van der Waals surface area contributed by atoms with Crippen LogP contribution in [-0.2, 0) is 4.79 Å². The Morgan fingerprint density at radius 1 is 1.55 bits per heavy atom. The minimum atomic E-state index is -0.349. The fraction of sp³-hybridized carbons (Fsp3) is 0.538. The average molecular weight is 317 g/mol. The van der Waals surface area contributed by atoms with E-state index in [0.717, 1.165) is 32.4 Å². The first-order valence-electron chi connectivity index (χ1n) is 6.70. The summed E-state index contributed by atoms with van der Waals surface area (Å²) in [6.45, 7) is 3.55. The molecular formula is C13H18Cl2N4O. The minimum Gasteiger partial charge on any atom is -0.369 e. The van der Waals surface area contributed by atoms with E-state index in [-0.39, 0.29) is 11.9 Å². The van der Waals surface area contributed by atoms with E-state index in [2.05, 4.69) is 17.2 Å². The third-order valence-corrected chi connectivity index (χ3v) is 3.87. The maximum atomic E-state index is 11.5. The van der Waals surface area contributed by atoms with Gasteiger partial charge in [0.15, 0.2) is 5.82 Å². The molecule has 1 saturated heterocycles. The second-order valence-electron chi connectivity index (χ2n) is 4.80. The molecule has 20 heavy (non-hydrogen) atoms. The van der Waals surface area contributed by atoms with Gasteiger partial charge in [0, 0.05) is 13.1 Å². The molecule has 0 aromatic carbocycles. The van der Waals surface area contributed by atoms with Crippen LogP contribution in [0.25, 0.3) is 0 Å². The number of halogens is 2.